The van der Waals surface area contributed by atoms with Gasteiger partial charge in [0.25, 0.3) is 5.95 Å². The van der Waals surface area contributed by atoms with E-state index < -0.39 is 12.6 Å². The van der Waals surface area contributed by atoms with Gasteiger partial charge in [-0.1, -0.05) is 0 Å². The van der Waals surface area contributed by atoms with E-state index in [9.17, 15) is 13.2 Å². The first-order chi connectivity index (χ1) is 8.94. The van der Waals surface area contributed by atoms with E-state index in [-0.39, 0.29) is 24.4 Å². The summed E-state index contributed by atoms with van der Waals surface area (Å²) < 4.78 is 37.4. The second-order valence-electron chi connectivity index (χ2n) is 3.56. The zero-order valence-electron chi connectivity index (χ0n) is 9.59. The Bertz CT molecular complexity index is 537. The molecule has 0 aliphatic heterocycles. The molecule has 0 saturated carbocycles. The SMILES string of the molecule is Nc1nc(NCCC(F)(F)F)nc(-n2cccn2)n1. The van der Waals surface area contributed by atoms with Crippen LogP contribution in [-0.2, 0) is 0 Å². The monoisotopic (exact) mass is 273 g/mol. The summed E-state index contributed by atoms with van der Waals surface area (Å²) in [4.78, 5) is 11.4. The highest BCUT2D eigenvalue weighted by Crippen LogP contribution is 2.19. The lowest BCUT2D eigenvalue weighted by Gasteiger charge is -2.08. The summed E-state index contributed by atoms with van der Waals surface area (Å²) >= 11 is 0. The van der Waals surface area contributed by atoms with Crippen molar-refractivity contribution in [1.82, 2.24) is 24.7 Å². The van der Waals surface area contributed by atoms with Crippen LogP contribution in [0.5, 0.6) is 0 Å². The van der Waals surface area contributed by atoms with Crippen molar-refractivity contribution in [2.45, 2.75) is 12.6 Å². The van der Waals surface area contributed by atoms with Gasteiger partial charge >= 0.3 is 6.18 Å². The molecular formula is C9H10F3N7. The van der Waals surface area contributed by atoms with Crippen LogP contribution < -0.4 is 11.1 Å². The molecule has 0 unspecified atom stereocenters. The predicted molar refractivity (Wildman–Crippen MR) is 60.5 cm³/mol. The number of hydrogen-bond donors (Lipinski definition) is 2. The molecule has 0 aliphatic carbocycles. The molecule has 2 aromatic rings. The van der Waals surface area contributed by atoms with Crippen molar-refractivity contribution < 1.29 is 13.2 Å². The van der Waals surface area contributed by atoms with Gasteiger partial charge in [0, 0.05) is 18.9 Å². The molecule has 0 saturated heterocycles. The van der Waals surface area contributed by atoms with Crippen LogP contribution in [-0.4, -0.2) is 37.5 Å². The van der Waals surface area contributed by atoms with Crippen molar-refractivity contribution in [2.24, 2.45) is 0 Å². The van der Waals surface area contributed by atoms with Gasteiger partial charge in [-0.3, -0.25) is 0 Å². The third kappa shape index (κ3) is 3.79. The molecule has 2 rings (SSSR count). The minimum atomic E-state index is -4.24. The lowest BCUT2D eigenvalue weighted by Crippen LogP contribution is -2.17. The van der Waals surface area contributed by atoms with Crippen molar-refractivity contribution in [2.75, 3.05) is 17.6 Å². The highest BCUT2D eigenvalue weighted by atomic mass is 19.4. The third-order valence-corrected chi connectivity index (χ3v) is 2.04. The molecule has 2 heterocycles. The number of rotatable bonds is 4. The summed E-state index contributed by atoms with van der Waals surface area (Å²) in [5, 5.41) is 6.33. The Balaban J connectivity index is 2.09. The van der Waals surface area contributed by atoms with Gasteiger partial charge in [-0.25, -0.2) is 4.68 Å². The lowest BCUT2D eigenvalue weighted by molar-refractivity contribution is -0.131. The van der Waals surface area contributed by atoms with Crippen LogP contribution in [0.4, 0.5) is 25.1 Å². The number of nitrogen functional groups attached to an aromatic ring is 1. The summed E-state index contributed by atoms with van der Waals surface area (Å²) in [6.45, 7) is -0.342. The van der Waals surface area contributed by atoms with E-state index in [0.717, 1.165) is 0 Å². The smallest absolute Gasteiger partial charge is 0.368 e. The zero-order chi connectivity index (χ0) is 13.9. The quantitative estimate of drug-likeness (QED) is 0.863. The Morgan fingerprint density at radius 1 is 1.26 bits per heavy atom. The van der Waals surface area contributed by atoms with Gasteiger partial charge in [0.1, 0.15) is 0 Å². The molecular weight excluding hydrogens is 263 g/mol. The van der Waals surface area contributed by atoms with Crippen molar-refractivity contribution in [3.05, 3.63) is 18.5 Å². The summed E-state index contributed by atoms with van der Waals surface area (Å²) in [6.07, 6.45) is -2.14. The fourth-order valence-corrected chi connectivity index (χ4v) is 1.27. The third-order valence-electron chi connectivity index (χ3n) is 2.04. The summed E-state index contributed by atoms with van der Waals surface area (Å²) in [5.74, 6) is 0.00395. The van der Waals surface area contributed by atoms with Crippen LogP contribution in [0.3, 0.4) is 0 Å². The van der Waals surface area contributed by atoms with Gasteiger partial charge in [0.2, 0.25) is 11.9 Å². The first kappa shape index (κ1) is 13.1. The number of hydrogen-bond acceptors (Lipinski definition) is 6. The first-order valence-corrected chi connectivity index (χ1v) is 5.26. The molecule has 0 atom stereocenters. The average molecular weight is 273 g/mol. The standard InChI is InChI=1S/C9H10F3N7/c10-9(11,12)2-4-14-7-16-6(13)17-8(18-7)19-5-1-3-15-19/h1,3,5H,2,4H2,(H3,13,14,16,17,18). The van der Waals surface area contributed by atoms with E-state index in [0.29, 0.717) is 0 Å². The summed E-state index contributed by atoms with van der Waals surface area (Å²) in [6, 6.07) is 1.65. The number of nitrogens with zero attached hydrogens (tertiary/aromatic N) is 5. The fourth-order valence-electron chi connectivity index (χ4n) is 1.27. The number of nitrogens with one attached hydrogen (secondary N) is 1. The first-order valence-electron chi connectivity index (χ1n) is 5.26. The Morgan fingerprint density at radius 3 is 2.68 bits per heavy atom. The molecule has 7 nitrogen and oxygen atoms in total. The van der Waals surface area contributed by atoms with Crippen molar-refractivity contribution in [3.63, 3.8) is 0 Å². The maximum Gasteiger partial charge on any atom is 0.390 e. The Morgan fingerprint density at radius 2 is 2.05 bits per heavy atom. The van der Waals surface area contributed by atoms with E-state index in [1.807, 2.05) is 0 Å². The number of aromatic nitrogens is 5. The topological polar surface area (TPSA) is 94.5 Å². The highest BCUT2D eigenvalue weighted by Gasteiger charge is 2.26. The van der Waals surface area contributed by atoms with Crippen molar-refractivity contribution >= 4 is 11.9 Å². The largest absolute Gasteiger partial charge is 0.390 e. The van der Waals surface area contributed by atoms with Gasteiger partial charge in [-0.15, -0.1) is 0 Å². The van der Waals surface area contributed by atoms with Gasteiger partial charge in [-0.05, 0) is 6.07 Å². The van der Waals surface area contributed by atoms with Crippen LogP contribution in [0.25, 0.3) is 5.95 Å². The Labute approximate surface area is 105 Å². The molecule has 0 radical (unpaired) electrons. The molecule has 0 spiro atoms. The van der Waals surface area contributed by atoms with Crippen LogP contribution >= 0.6 is 0 Å². The minimum Gasteiger partial charge on any atom is -0.368 e. The van der Waals surface area contributed by atoms with Crippen LogP contribution in [0, 0.1) is 0 Å². The van der Waals surface area contributed by atoms with E-state index in [1.165, 1.54) is 10.9 Å². The Kier molecular flexibility index (Phi) is 3.49. The van der Waals surface area contributed by atoms with E-state index in [1.54, 1.807) is 12.3 Å². The van der Waals surface area contributed by atoms with Gasteiger partial charge in [-0.2, -0.15) is 33.2 Å². The van der Waals surface area contributed by atoms with E-state index in [4.69, 9.17) is 5.73 Å². The van der Waals surface area contributed by atoms with E-state index >= 15 is 0 Å². The summed E-state index contributed by atoms with van der Waals surface area (Å²) in [7, 11) is 0. The Hall–Kier alpha value is -2.39. The molecule has 0 aliphatic rings. The maximum atomic E-state index is 12.0. The van der Waals surface area contributed by atoms with Crippen molar-refractivity contribution in [3.8, 4) is 5.95 Å². The number of alkyl halides is 3. The molecule has 3 N–H and O–H groups in total. The highest BCUT2D eigenvalue weighted by molar-refractivity contribution is 5.34. The number of anilines is 2. The fraction of sp³-hybridized carbons (Fsp3) is 0.333. The molecule has 0 bridgehead atoms. The molecule has 10 heteroatoms. The van der Waals surface area contributed by atoms with Gasteiger partial charge in [0.05, 0.1) is 6.42 Å². The number of nitrogens with two attached hydrogens (primary N) is 1. The molecule has 0 amide bonds. The molecule has 0 aromatic carbocycles. The van der Waals surface area contributed by atoms with Gasteiger partial charge in [0.15, 0.2) is 0 Å². The minimum absolute atomic E-state index is 0.0257. The molecule has 0 fully saturated rings. The molecule has 2 aromatic heterocycles. The van der Waals surface area contributed by atoms with Crippen LogP contribution in [0.1, 0.15) is 6.42 Å². The zero-order valence-corrected chi connectivity index (χ0v) is 9.59. The second-order valence-corrected chi connectivity index (χ2v) is 3.56. The normalized spacial score (nSPS) is 11.5. The molecule has 19 heavy (non-hydrogen) atoms. The molecule has 102 valence electrons. The lowest BCUT2D eigenvalue weighted by atomic mass is 10.4. The van der Waals surface area contributed by atoms with Crippen molar-refractivity contribution in [1.29, 1.82) is 0 Å². The second kappa shape index (κ2) is 5.08. The summed E-state index contributed by atoms with van der Waals surface area (Å²) in [5.41, 5.74) is 5.46. The van der Waals surface area contributed by atoms with E-state index in [2.05, 4.69) is 25.4 Å². The van der Waals surface area contributed by atoms with Gasteiger partial charge < -0.3 is 11.1 Å². The predicted octanol–water partition coefficient (Wildman–Crippen LogP) is 1.00. The maximum absolute atomic E-state index is 12.0. The number of halogens is 3. The van der Waals surface area contributed by atoms with Crippen LogP contribution in [0.15, 0.2) is 18.5 Å². The van der Waals surface area contributed by atoms with Crippen LogP contribution in [0.2, 0.25) is 0 Å². The average Bonchev–Trinajstić information content (AvgIpc) is 2.79.